The predicted octanol–water partition coefficient (Wildman–Crippen LogP) is 3.13. The van der Waals surface area contributed by atoms with Gasteiger partial charge in [-0.3, -0.25) is 0 Å². The molecule has 0 heterocycles. The fraction of sp³-hybridized carbons (Fsp3) is 1.00. The molecule has 0 saturated heterocycles. The van der Waals surface area contributed by atoms with Crippen LogP contribution in [0.25, 0.3) is 0 Å². The molecule has 2 nitrogen and oxygen atoms in total. The largest absolute Gasteiger partial charge is 0.316 e. The average Bonchev–Trinajstić information content (AvgIpc) is 2.26. The lowest BCUT2D eigenvalue weighted by Gasteiger charge is -2.19. The maximum absolute atomic E-state index is 3.50. The van der Waals surface area contributed by atoms with Crippen molar-refractivity contribution in [2.45, 2.75) is 53.4 Å². The van der Waals surface area contributed by atoms with Crippen LogP contribution in [0.4, 0.5) is 0 Å². The molecule has 0 aromatic carbocycles. The van der Waals surface area contributed by atoms with Gasteiger partial charge in [-0.2, -0.15) is 0 Å². The van der Waals surface area contributed by atoms with E-state index in [-0.39, 0.29) is 0 Å². The Kier molecular flexibility index (Phi) is 11.3. The Balaban J connectivity index is 3.27. The summed E-state index contributed by atoms with van der Waals surface area (Å²) in [5, 5.41) is 3.50. The molecule has 0 aliphatic carbocycles. The molecule has 0 rings (SSSR count). The van der Waals surface area contributed by atoms with Crippen molar-refractivity contribution in [3.63, 3.8) is 0 Å². The molecule has 0 unspecified atom stereocenters. The van der Waals surface area contributed by atoms with Crippen molar-refractivity contribution >= 4 is 0 Å². The summed E-state index contributed by atoms with van der Waals surface area (Å²) >= 11 is 0. The standard InChI is InChI=1S/C14H32N2/c1-5-7-11-16(6-2)12-9-8-10-15-13-14(3)4/h14-15H,5-13H2,1-4H3. The second-order valence-corrected chi connectivity index (χ2v) is 5.09. The van der Waals surface area contributed by atoms with Crippen molar-refractivity contribution in [1.82, 2.24) is 10.2 Å². The van der Waals surface area contributed by atoms with E-state index in [1.54, 1.807) is 0 Å². The Bertz CT molecular complexity index is 135. The second-order valence-electron chi connectivity index (χ2n) is 5.09. The van der Waals surface area contributed by atoms with E-state index in [2.05, 4.69) is 37.9 Å². The van der Waals surface area contributed by atoms with Crippen molar-refractivity contribution in [2.75, 3.05) is 32.7 Å². The summed E-state index contributed by atoms with van der Waals surface area (Å²) < 4.78 is 0. The zero-order valence-electron chi connectivity index (χ0n) is 11.9. The lowest BCUT2D eigenvalue weighted by atomic mass is 10.2. The summed E-state index contributed by atoms with van der Waals surface area (Å²) in [6.07, 6.45) is 5.31. The molecule has 0 amide bonds. The number of unbranched alkanes of at least 4 members (excludes halogenated alkanes) is 2. The molecule has 0 aromatic heterocycles. The lowest BCUT2D eigenvalue weighted by Crippen LogP contribution is -2.27. The van der Waals surface area contributed by atoms with E-state index in [0.717, 1.165) is 12.5 Å². The first kappa shape index (κ1) is 15.9. The third kappa shape index (κ3) is 10.4. The van der Waals surface area contributed by atoms with Crippen molar-refractivity contribution in [3.05, 3.63) is 0 Å². The second kappa shape index (κ2) is 11.4. The molecule has 0 spiro atoms. The lowest BCUT2D eigenvalue weighted by molar-refractivity contribution is 0.277. The fourth-order valence-corrected chi connectivity index (χ4v) is 1.79. The molecule has 0 bridgehead atoms. The molecule has 16 heavy (non-hydrogen) atoms. The summed E-state index contributed by atoms with van der Waals surface area (Å²) in [6, 6.07) is 0. The fourth-order valence-electron chi connectivity index (χ4n) is 1.79. The first-order valence-corrected chi connectivity index (χ1v) is 7.13. The SMILES string of the molecule is CCCCN(CC)CCCCNCC(C)C. The Hall–Kier alpha value is -0.0800. The zero-order valence-corrected chi connectivity index (χ0v) is 11.9. The topological polar surface area (TPSA) is 15.3 Å². The maximum Gasteiger partial charge on any atom is -0.00184 e. The van der Waals surface area contributed by atoms with Crippen LogP contribution in [0.2, 0.25) is 0 Å². The molecule has 0 aromatic rings. The van der Waals surface area contributed by atoms with Crippen LogP contribution in [0.3, 0.4) is 0 Å². The molecule has 0 saturated carbocycles. The summed E-state index contributed by atoms with van der Waals surface area (Å²) in [5.74, 6) is 0.775. The van der Waals surface area contributed by atoms with Crippen LogP contribution < -0.4 is 5.32 Å². The molecule has 1 N–H and O–H groups in total. The highest BCUT2D eigenvalue weighted by atomic mass is 15.1. The monoisotopic (exact) mass is 228 g/mol. The van der Waals surface area contributed by atoms with Gasteiger partial charge in [0.15, 0.2) is 0 Å². The zero-order chi connectivity index (χ0) is 12.2. The number of hydrogen-bond donors (Lipinski definition) is 1. The third-order valence-electron chi connectivity index (χ3n) is 2.91. The number of rotatable bonds is 11. The van der Waals surface area contributed by atoms with Gasteiger partial charge in [0.25, 0.3) is 0 Å². The molecule has 2 heteroatoms. The van der Waals surface area contributed by atoms with Crippen LogP contribution in [0.5, 0.6) is 0 Å². The maximum atomic E-state index is 3.50. The molecule has 0 aliphatic rings. The third-order valence-corrected chi connectivity index (χ3v) is 2.91. The van der Waals surface area contributed by atoms with E-state index in [9.17, 15) is 0 Å². The van der Waals surface area contributed by atoms with Gasteiger partial charge in [-0.15, -0.1) is 0 Å². The van der Waals surface area contributed by atoms with E-state index in [1.807, 2.05) is 0 Å². The summed E-state index contributed by atoms with van der Waals surface area (Å²) in [5.41, 5.74) is 0. The number of hydrogen-bond acceptors (Lipinski definition) is 2. The van der Waals surface area contributed by atoms with Crippen LogP contribution in [0.1, 0.15) is 53.4 Å². The van der Waals surface area contributed by atoms with Gasteiger partial charge in [0.05, 0.1) is 0 Å². The minimum atomic E-state index is 0.775. The summed E-state index contributed by atoms with van der Waals surface area (Å²) in [7, 11) is 0. The molecular weight excluding hydrogens is 196 g/mol. The van der Waals surface area contributed by atoms with E-state index < -0.39 is 0 Å². The smallest absolute Gasteiger partial charge is 0.00184 e. The van der Waals surface area contributed by atoms with Gasteiger partial charge >= 0.3 is 0 Å². The van der Waals surface area contributed by atoms with Gasteiger partial charge in [-0.05, 0) is 57.9 Å². The highest BCUT2D eigenvalue weighted by molar-refractivity contribution is 4.57. The first-order valence-electron chi connectivity index (χ1n) is 7.13. The Labute approximate surface area is 103 Å². The highest BCUT2D eigenvalue weighted by Gasteiger charge is 2.00. The van der Waals surface area contributed by atoms with Gasteiger partial charge in [-0.25, -0.2) is 0 Å². The van der Waals surface area contributed by atoms with Crippen molar-refractivity contribution in [1.29, 1.82) is 0 Å². The van der Waals surface area contributed by atoms with Gasteiger partial charge < -0.3 is 10.2 Å². The minimum Gasteiger partial charge on any atom is -0.316 e. The average molecular weight is 228 g/mol. The van der Waals surface area contributed by atoms with E-state index in [1.165, 1.54) is 51.9 Å². The van der Waals surface area contributed by atoms with Gasteiger partial charge in [0, 0.05) is 0 Å². The van der Waals surface area contributed by atoms with Crippen LogP contribution >= 0.6 is 0 Å². The number of nitrogens with zero attached hydrogens (tertiary/aromatic N) is 1. The first-order chi connectivity index (χ1) is 7.70. The summed E-state index contributed by atoms with van der Waals surface area (Å²) in [4.78, 5) is 2.58. The van der Waals surface area contributed by atoms with Crippen LogP contribution in [0, 0.1) is 5.92 Å². The van der Waals surface area contributed by atoms with E-state index in [0.29, 0.717) is 0 Å². The molecule has 0 fully saturated rings. The van der Waals surface area contributed by atoms with Crippen molar-refractivity contribution in [2.24, 2.45) is 5.92 Å². The van der Waals surface area contributed by atoms with Crippen LogP contribution in [0.15, 0.2) is 0 Å². The Morgan fingerprint density at radius 2 is 1.69 bits per heavy atom. The Morgan fingerprint density at radius 3 is 2.25 bits per heavy atom. The van der Waals surface area contributed by atoms with E-state index >= 15 is 0 Å². The molecule has 98 valence electrons. The van der Waals surface area contributed by atoms with Crippen LogP contribution in [-0.4, -0.2) is 37.6 Å². The number of nitrogens with one attached hydrogen (secondary N) is 1. The molecular formula is C14H32N2. The van der Waals surface area contributed by atoms with Gasteiger partial charge in [0.1, 0.15) is 0 Å². The van der Waals surface area contributed by atoms with Gasteiger partial charge in [0.2, 0.25) is 0 Å². The van der Waals surface area contributed by atoms with Crippen molar-refractivity contribution < 1.29 is 0 Å². The Morgan fingerprint density at radius 1 is 1.00 bits per heavy atom. The van der Waals surface area contributed by atoms with E-state index in [4.69, 9.17) is 0 Å². The molecule has 0 atom stereocenters. The van der Waals surface area contributed by atoms with Crippen molar-refractivity contribution in [3.8, 4) is 0 Å². The molecule has 0 aliphatic heterocycles. The highest BCUT2D eigenvalue weighted by Crippen LogP contribution is 1.98. The van der Waals surface area contributed by atoms with Gasteiger partial charge in [-0.1, -0.05) is 34.1 Å². The predicted molar refractivity (Wildman–Crippen MR) is 74.0 cm³/mol. The summed E-state index contributed by atoms with van der Waals surface area (Å²) in [6.45, 7) is 15.2. The molecule has 0 radical (unpaired) electrons. The normalized spacial score (nSPS) is 11.6. The minimum absolute atomic E-state index is 0.775. The van der Waals surface area contributed by atoms with Crippen LogP contribution in [-0.2, 0) is 0 Å². The quantitative estimate of drug-likeness (QED) is 0.547.